The molecule has 2 aliphatic heterocycles. The molecule has 0 saturated carbocycles. The van der Waals surface area contributed by atoms with Crippen LogP contribution in [0.3, 0.4) is 0 Å². The monoisotopic (exact) mass is 450 g/mol. The second-order valence-electron chi connectivity index (χ2n) is 7.37. The number of nitrogens with one attached hydrogen (secondary N) is 1. The van der Waals surface area contributed by atoms with Crippen LogP contribution in [0, 0.1) is 5.92 Å². The van der Waals surface area contributed by atoms with Gasteiger partial charge in [0, 0.05) is 34.7 Å². The van der Waals surface area contributed by atoms with Crippen LogP contribution in [0.25, 0.3) is 0 Å². The van der Waals surface area contributed by atoms with Crippen LogP contribution in [0.15, 0.2) is 58.3 Å². The molecule has 0 bridgehead atoms. The lowest BCUT2D eigenvalue weighted by Gasteiger charge is -2.32. The molecule has 1 atom stereocenters. The van der Waals surface area contributed by atoms with Gasteiger partial charge in [-0.2, -0.15) is 4.31 Å². The van der Waals surface area contributed by atoms with Gasteiger partial charge in [0.05, 0.1) is 10.9 Å². The van der Waals surface area contributed by atoms with Gasteiger partial charge in [0.1, 0.15) is 0 Å². The molecule has 0 spiro atoms. The Morgan fingerprint density at radius 3 is 2.45 bits per heavy atom. The molecule has 0 aliphatic carbocycles. The molecular weight excluding hydrogens is 428 g/mol. The van der Waals surface area contributed by atoms with E-state index in [0.717, 1.165) is 12.2 Å². The van der Waals surface area contributed by atoms with Gasteiger partial charge in [-0.3, -0.25) is 4.79 Å². The Hall–Kier alpha value is -1.54. The van der Waals surface area contributed by atoms with Crippen LogP contribution in [0.4, 0.5) is 0 Å². The zero-order valence-corrected chi connectivity index (χ0v) is 18.3. The van der Waals surface area contributed by atoms with Crippen LogP contribution < -0.4 is 5.32 Å². The SMILES string of the molecule is O=C(NC1CCSc2ccccc21)C1CCN(S(=O)(=O)c2ccc(Cl)cc2)CC1. The van der Waals surface area contributed by atoms with Gasteiger partial charge >= 0.3 is 0 Å². The molecule has 1 fully saturated rings. The minimum absolute atomic E-state index is 0.0280. The van der Waals surface area contributed by atoms with Crippen molar-refractivity contribution in [3.05, 3.63) is 59.1 Å². The highest BCUT2D eigenvalue weighted by Crippen LogP contribution is 2.36. The lowest BCUT2D eigenvalue weighted by molar-refractivity contribution is -0.126. The van der Waals surface area contributed by atoms with E-state index in [1.165, 1.54) is 26.9 Å². The minimum atomic E-state index is -3.55. The third kappa shape index (κ3) is 4.48. The van der Waals surface area contributed by atoms with Crippen molar-refractivity contribution in [2.24, 2.45) is 5.92 Å². The number of thioether (sulfide) groups is 1. The Morgan fingerprint density at radius 1 is 1.03 bits per heavy atom. The summed E-state index contributed by atoms with van der Waals surface area (Å²) in [7, 11) is -3.55. The second kappa shape index (κ2) is 8.68. The number of nitrogens with zero attached hydrogens (tertiary/aromatic N) is 1. The highest BCUT2D eigenvalue weighted by molar-refractivity contribution is 7.99. The summed E-state index contributed by atoms with van der Waals surface area (Å²) in [5.74, 6) is 0.855. The average molecular weight is 451 g/mol. The number of sulfonamides is 1. The molecule has 8 heteroatoms. The van der Waals surface area contributed by atoms with E-state index >= 15 is 0 Å². The van der Waals surface area contributed by atoms with Gasteiger partial charge in [-0.05, 0) is 55.2 Å². The average Bonchev–Trinajstić information content (AvgIpc) is 2.74. The Balaban J connectivity index is 1.37. The summed E-state index contributed by atoms with van der Waals surface area (Å²) < 4.78 is 27.1. The fraction of sp³-hybridized carbons (Fsp3) is 0.381. The van der Waals surface area contributed by atoms with E-state index in [2.05, 4.69) is 17.4 Å². The minimum Gasteiger partial charge on any atom is -0.349 e. The van der Waals surface area contributed by atoms with Crippen molar-refractivity contribution in [2.75, 3.05) is 18.8 Å². The molecule has 1 saturated heterocycles. The Morgan fingerprint density at radius 2 is 1.72 bits per heavy atom. The van der Waals surface area contributed by atoms with Crippen LogP contribution in [0.1, 0.15) is 30.9 Å². The van der Waals surface area contributed by atoms with Gasteiger partial charge < -0.3 is 5.32 Å². The quantitative estimate of drug-likeness (QED) is 0.761. The van der Waals surface area contributed by atoms with Crippen LogP contribution in [0.5, 0.6) is 0 Å². The standard InChI is InChI=1S/C21H23ClN2O3S2/c22-16-5-7-17(8-6-16)29(26,27)24-12-9-15(10-13-24)21(25)23-19-11-14-28-20-4-2-1-3-18(19)20/h1-8,15,19H,9-14H2,(H,23,25). The summed E-state index contributed by atoms with van der Waals surface area (Å²) in [4.78, 5) is 14.3. The maximum absolute atomic E-state index is 12.8. The predicted octanol–water partition coefficient (Wildman–Crippen LogP) is 4.09. The number of benzene rings is 2. The second-order valence-corrected chi connectivity index (χ2v) is 10.9. The van der Waals surface area contributed by atoms with Gasteiger partial charge in [-0.15, -0.1) is 11.8 Å². The molecule has 2 aromatic rings. The molecule has 29 heavy (non-hydrogen) atoms. The first-order chi connectivity index (χ1) is 13.9. The number of hydrogen-bond acceptors (Lipinski definition) is 4. The normalized spacial score (nSPS) is 20.8. The topological polar surface area (TPSA) is 66.5 Å². The first-order valence-electron chi connectivity index (χ1n) is 9.73. The van der Waals surface area contributed by atoms with E-state index in [-0.39, 0.29) is 22.8 Å². The van der Waals surface area contributed by atoms with E-state index in [0.29, 0.717) is 31.0 Å². The Labute approximate surface area is 180 Å². The lowest BCUT2D eigenvalue weighted by atomic mass is 9.95. The molecule has 0 aromatic heterocycles. The first kappa shape index (κ1) is 20.7. The van der Waals surface area contributed by atoms with Crippen molar-refractivity contribution in [2.45, 2.75) is 35.1 Å². The van der Waals surface area contributed by atoms with Crippen LogP contribution in [0.2, 0.25) is 5.02 Å². The van der Waals surface area contributed by atoms with Crippen LogP contribution in [-0.4, -0.2) is 37.5 Å². The summed E-state index contributed by atoms with van der Waals surface area (Å²) >= 11 is 7.68. The van der Waals surface area contributed by atoms with Crippen molar-refractivity contribution >= 4 is 39.3 Å². The maximum atomic E-state index is 12.8. The summed E-state index contributed by atoms with van der Waals surface area (Å²) in [5, 5.41) is 3.70. The Kier molecular flexibility index (Phi) is 6.20. The zero-order chi connectivity index (χ0) is 20.4. The maximum Gasteiger partial charge on any atom is 0.243 e. The fourth-order valence-corrected chi connectivity index (χ4v) is 6.62. The summed E-state index contributed by atoms with van der Waals surface area (Å²) in [6.45, 7) is 0.695. The molecule has 0 radical (unpaired) electrons. The summed E-state index contributed by atoms with van der Waals surface area (Å²) in [5.41, 5.74) is 1.18. The number of piperidine rings is 1. The fourth-order valence-electron chi connectivity index (χ4n) is 3.90. The van der Waals surface area contributed by atoms with Crippen LogP contribution in [-0.2, 0) is 14.8 Å². The number of carbonyl (C=O) groups excluding carboxylic acids is 1. The lowest BCUT2D eigenvalue weighted by Crippen LogP contribution is -2.44. The first-order valence-corrected chi connectivity index (χ1v) is 12.5. The summed E-state index contributed by atoms with van der Waals surface area (Å²) in [6, 6.07) is 14.4. The highest BCUT2D eigenvalue weighted by atomic mass is 35.5. The molecule has 2 aromatic carbocycles. The third-order valence-corrected chi connectivity index (χ3v) is 8.84. The Bertz CT molecular complexity index is 987. The van der Waals surface area contributed by atoms with E-state index in [9.17, 15) is 13.2 Å². The highest BCUT2D eigenvalue weighted by Gasteiger charge is 2.33. The van der Waals surface area contributed by atoms with Gasteiger partial charge in [0.25, 0.3) is 0 Å². The molecule has 2 heterocycles. The molecule has 2 aliphatic rings. The van der Waals surface area contributed by atoms with Crippen LogP contribution >= 0.6 is 23.4 Å². The molecule has 1 unspecified atom stereocenters. The molecule has 4 rings (SSSR count). The largest absolute Gasteiger partial charge is 0.349 e. The smallest absolute Gasteiger partial charge is 0.243 e. The number of halogens is 1. The number of hydrogen-bond donors (Lipinski definition) is 1. The number of carbonyl (C=O) groups is 1. The van der Waals surface area contributed by atoms with E-state index < -0.39 is 10.0 Å². The van der Waals surface area contributed by atoms with Crippen molar-refractivity contribution in [1.29, 1.82) is 0 Å². The van der Waals surface area contributed by atoms with E-state index in [4.69, 9.17) is 11.6 Å². The van der Waals surface area contributed by atoms with Crippen molar-refractivity contribution in [1.82, 2.24) is 9.62 Å². The molecular formula is C21H23ClN2O3S2. The third-order valence-electron chi connectivity index (χ3n) is 5.55. The van der Waals surface area contributed by atoms with E-state index in [1.807, 2.05) is 23.9 Å². The van der Waals surface area contributed by atoms with E-state index in [1.54, 1.807) is 12.1 Å². The predicted molar refractivity (Wildman–Crippen MR) is 116 cm³/mol. The number of amides is 1. The summed E-state index contributed by atoms with van der Waals surface area (Å²) in [6.07, 6.45) is 1.97. The number of rotatable bonds is 4. The zero-order valence-electron chi connectivity index (χ0n) is 15.9. The van der Waals surface area contributed by atoms with Gasteiger partial charge in [-0.25, -0.2) is 8.42 Å². The van der Waals surface area contributed by atoms with Crippen molar-refractivity contribution < 1.29 is 13.2 Å². The van der Waals surface area contributed by atoms with Crippen molar-refractivity contribution in [3.63, 3.8) is 0 Å². The molecule has 1 amide bonds. The van der Waals surface area contributed by atoms with Gasteiger partial charge in [-0.1, -0.05) is 29.8 Å². The molecule has 154 valence electrons. The van der Waals surface area contributed by atoms with Gasteiger partial charge in [0.2, 0.25) is 15.9 Å². The molecule has 5 nitrogen and oxygen atoms in total. The molecule has 1 N–H and O–H groups in total. The number of fused-ring (bicyclic) bond motifs is 1. The van der Waals surface area contributed by atoms with Crippen molar-refractivity contribution in [3.8, 4) is 0 Å². The van der Waals surface area contributed by atoms with Gasteiger partial charge in [0.15, 0.2) is 0 Å².